The molecule has 0 aliphatic carbocycles. The minimum Gasteiger partial charge on any atom is -0.494 e. The van der Waals surface area contributed by atoms with Crippen molar-refractivity contribution < 1.29 is 28.6 Å². The highest BCUT2D eigenvalue weighted by atomic mass is 19.1. The molecule has 0 spiro atoms. The van der Waals surface area contributed by atoms with E-state index in [0.717, 1.165) is 0 Å². The van der Waals surface area contributed by atoms with Crippen molar-refractivity contribution in [2.75, 3.05) is 26.9 Å². The van der Waals surface area contributed by atoms with Crippen LogP contribution in [0.5, 0.6) is 5.75 Å². The lowest BCUT2D eigenvalue weighted by Gasteiger charge is -2.33. The molecule has 1 amide bonds. The Morgan fingerprint density at radius 1 is 1.39 bits per heavy atom. The van der Waals surface area contributed by atoms with E-state index in [4.69, 9.17) is 9.47 Å². The second-order valence-electron chi connectivity index (χ2n) is 5.62. The first-order chi connectivity index (χ1) is 11.0. The molecule has 1 heterocycles. The van der Waals surface area contributed by atoms with Gasteiger partial charge in [-0.05, 0) is 30.5 Å². The average molecular weight is 325 g/mol. The van der Waals surface area contributed by atoms with Gasteiger partial charge >= 0.3 is 5.97 Å². The minimum absolute atomic E-state index is 0.0207. The molecule has 23 heavy (non-hydrogen) atoms. The highest BCUT2D eigenvalue weighted by Gasteiger charge is 2.40. The van der Waals surface area contributed by atoms with Crippen LogP contribution in [0, 0.1) is 11.2 Å². The summed E-state index contributed by atoms with van der Waals surface area (Å²) in [5, 5.41) is 12.1. The van der Waals surface area contributed by atoms with E-state index >= 15 is 0 Å². The molecule has 0 bridgehead atoms. The summed E-state index contributed by atoms with van der Waals surface area (Å²) in [6.45, 7) is 0.779. The second-order valence-corrected chi connectivity index (χ2v) is 5.62. The summed E-state index contributed by atoms with van der Waals surface area (Å²) >= 11 is 0. The van der Waals surface area contributed by atoms with Crippen LogP contribution in [0.3, 0.4) is 0 Å². The largest absolute Gasteiger partial charge is 0.494 e. The van der Waals surface area contributed by atoms with Crippen LogP contribution in [0.25, 0.3) is 0 Å². The van der Waals surface area contributed by atoms with Gasteiger partial charge in [-0.2, -0.15) is 0 Å². The minimum atomic E-state index is -0.987. The van der Waals surface area contributed by atoms with Gasteiger partial charge in [-0.3, -0.25) is 9.59 Å². The summed E-state index contributed by atoms with van der Waals surface area (Å²) in [5.74, 6) is -1.70. The second kappa shape index (κ2) is 7.41. The molecule has 1 aliphatic rings. The fraction of sp³-hybridized carbons (Fsp3) is 0.500. The molecule has 1 fully saturated rings. The van der Waals surface area contributed by atoms with Gasteiger partial charge in [0.2, 0.25) is 5.91 Å². The van der Waals surface area contributed by atoms with Crippen molar-refractivity contribution in [3.63, 3.8) is 0 Å². The third kappa shape index (κ3) is 4.19. The lowest BCUT2D eigenvalue weighted by molar-refractivity contribution is -0.154. The van der Waals surface area contributed by atoms with Gasteiger partial charge < -0.3 is 19.9 Å². The first-order valence-corrected chi connectivity index (χ1v) is 7.37. The molecule has 1 aromatic carbocycles. The number of aliphatic carboxylic acids is 1. The van der Waals surface area contributed by atoms with Gasteiger partial charge in [0.15, 0.2) is 11.6 Å². The molecule has 126 valence electrons. The quantitative estimate of drug-likeness (QED) is 0.825. The molecule has 0 atom stereocenters. The van der Waals surface area contributed by atoms with E-state index in [-0.39, 0.29) is 24.6 Å². The lowest BCUT2D eigenvalue weighted by Crippen LogP contribution is -2.46. The van der Waals surface area contributed by atoms with Crippen LogP contribution in [0.1, 0.15) is 18.4 Å². The van der Waals surface area contributed by atoms with E-state index in [1.165, 1.54) is 19.2 Å². The Labute approximate surface area is 133 Å². The Bertz CT molecular complexity index is 584. The number of rotatable bonds is 6. The van der Waals surface area contributed by atoms with Gasteiger partial charge in [-0.25, -0.2) is 4.39 Å². The number of carboxylic acid groups (broad SMARTS) is 1. The van der Waals surface area contributed by atoms with Crippen LogP contribution in [-0.4, -0.2) is 43.9 Å². The monoisotopic (exact) mass is 325 g/mol. The summed E-state index contributed by atoms with van der Waals surface area (Å²) in [7, 11) is 1.37. The number of amides is 1. The number of carbonyl (C=O) groups excluding carboxylic acids is 1. The number of carbonyl (C=O) groups is 2. The van der Waals surface area contributed by atoms with E-state index in [1.807, 2.05) is 0 Å². The van der Waals surface area contributed by atoms with Gasteiger partial charge in [0, 0.05) is 19.8 Å². The molecule has 2 N–H and O–H groups in total. The molecular formula is C16H20FNO5. The molecular weight excluding hydrogens is 305 g/mol. The smallest absolute Gasteiger partial charge is 0.311 e. The Balaban J connectivity index is 1.94. The van der Waals surface area contributed by atoms with Crippen molar-refractivity contribution in [1.29, 1.82) is 0 Å². The number of nitrogens with one attached hydrogen (secondary N) is 1. The maximum Gasteiger partial charge on any atom is 0.311 e. The van der Waals surface area contributed by atoms with Crippen molar-refractivity contribution in [1.82, 2.24) is 5.32 Å². The number of benzene rings is 1. The summed E-state index contributed by atoms with van der Waals surface area (Å²) < 4.78 is 23.6. The molecule has 0 radical (unpaired) electrons. The maximum atomic E-state index is 13.6. The molecule has 7 heteroatoms. The average Bonchev–Trinajstić information content (AvgIpc) is 2.54. The summed E-state index contributed by atoms with van der Waals surface area (Å²) in [6.07, 6.45) is 0.701. The third-order valence-corrected chi connectivity index (χ3v) is 4.11. The Morgan fingerprint density at radius 2 is 2.09 bits per heavy atom. The van der Waals surface area contributed by atoms with Crippen molar-refractivity contribution in [2.24, 2.45) is 5.41 Å². The van der Waals surface area contributed by atoms with Crippen molar-refractivity contribution >= 4 is 11.9 Å². The lowest BCUT2D eigenvalue weighted by atomic mass is 9.80. The van der Waals surface area contributed by atoms with Gasteiger partial charge in [0.1, 0.15) is 0 Å². The van der Waals surface area contributed by atoms with Crippen LogP contribution in [0.2, 0.25) is 0 Å². The standard InChI is InChI=1S/C16H20FNO5/c1-22-13-3-2-11(8-12(13)17)9-14(19)18-10-16(15(20)21)4-6-23-7-5-16/h2-3,8H,4-7,9-10H2,1H3,(H,18,19)(H,20,21). The molecule has 1 aliphatic heterocycles. The van der Waals surface area contributed by atoms with Crippen LogP contribution in [0.15, 0.2) is 18.2 Å². The molecule has 2 rings (SSSR count). The highest BCUT2D eigenvalue weighted by molar-refractivity contribution is 5.80. The first kappa shape index (κ1) is 17.2. The highest BCUT2D eigenvalue weighted by Crippen LogP contribution is 2.30. The zero-order valence-electron chi connectivity index (χ0n) is 12.9. The SMILES string of the molecule is COc1ccc(CC(=O)NCC2(C(=O)O)CCOCC2)cc1F. The number of hydrogen-bond acceptors (Lipinski definition) is 4. The molecule has 6 nitrogen and oxygen atoms in total. The summed E-state index contributed by atoms with van der Waals surface area (Å²) in [6, 6.07) is 4.29. The normalized spacial score (nSPS) is 16.6. The molecule has 1 aromatic rings. The zero-order valence-corrected chi connectivity index (χ0v) is 12.9. The van der Waals surface area contributed by atoms with Crippen LogP contribution >= 0.6 is 0 Å². The van der Waals surface area contributed by atoms with E-state index in [9.17, 15) is 19.1 Å². The van der Waals surface area contributed by atoms with Crippen molar-refractivity contribution in [3.05, 3.63) is 29.6 Å². The van der Waals surface area contributed by atoms with Gasteiger partial charge in [-0.15, -0.1) is 0 Å². The van der Waals surface area contributed by atoms with Gasteiger partial charge in [0.25, 0.3) is 0 Å². The molecule has 1 saturated heterocycles. The molecule has 0 unspecified atom stereocenters. The first-order valence-electron chi connectivity index (χ1n) is 7.37. The van der Waals surface area contributed by atoms with E-state index < -0.39 is 17.2 Å². The van der Waals surface area contributed by atoms with Crippen molar-refractivity contribution in [2.45, 2.75) is 19.3 Å². The zero-order chi connectivity index (χ0) is 16.9. The van der Waals surface area contributed by atoms with Crippen LogP contribution in [0.4, 0.5) is 4.39 Å². The molecule has 0 saturated carbocycles. The summed E-state index contributed by atoms with van der Waals surface area (Å²) in [4.78, 5) is 23.5. The third-order valence-electron chi connectivity index (χ3n) is 4.11. The fourth-order valence-electron chi connectivity index (χ4n) is 2.56. The van der Waals surface area contributed by atoms with Crippen LogP contribution in [-0.2, 0) is 20.7 Å². The predicted molar refractivity (Wildman–Crippen MR) is 79.8 cm³/mol. The van der Waals surface area contributed by atoms with Crippen LogP contribution < -0.4 is 10.1 Å². The summed E-state index contributed by atoms with van der Waals surface area (Å²) in [5.41, 5.74) is -0.490. The Kier molecular flexibility index (Phi) is 5.54. The Hall–Kier alpha value is -2.15. The number of methoxy groups -OCH3 is 1. The fourth-order valence-corrected chi connectivity index (χ4v) is 2.56. The van der Waals surface area contributed by atoms with E-state index in [2.05, 4.69) is 5.32 Å². The van der Waals surface area contributed by atoms with Crippen molar-refractivity contribution in [3.8, 4) is 5.75 Å². The van der Waals surface area contributed by atoms with E-state index in [0.29, 0.717) is 31.6 Å². The number of halogens is 1. The maximum absolute atomic E-state index is 13.6. The van der Waals surface area contributed by atoms with Gasteiger partial charge in [-0.1, -0.05) is 6.07 Å². The van der Waals surface area contributed by atoms with Gasteiger partial charge in [0.05, 0.1) is 18.9 Å². The predicted octanol–water partition coefficient (Wildman–Crippen LogP) is 1.37. The molecule has 0 aromatic heterocycles. The topological polar surface area (TPSA) is 84.9 Å². The Morgan fingerprint density at radius 3 is 2.65 bits per heavy atom. The number of ether oxygens (including phenoxy) is 2. The van der Waals surface area contributed by atoms with E-state index in [1.54, 1.807) is 6.07 Å². The number of hydrogen-bond donors (Lipinski definition) is 2. The number of carboxylic acids is 1.